The summed E-state index contributed by atoms with van der Waals surface area (Å²) in [6.07, 6.45) is 3.40. The third-order valence-electron chi connectivity index (χ3n) is 4.77. The number of halogens is 1. The average Bonchev–Trinajstić information content (AvgIpc) is 3.13. The highest BCUT2D eigenvalue weighted by Gasteiger charge is 2.16. The molecule has 30 heavy (non-hydrogen) atoms. The zero-order valence-electron chi connectivity index (χ0n) is 16.3. The molecule has 0 atom stereocenters. The molecule has 2 amide bonds. The minimum Gasteiger partial charge on any atom is -0.395 e. The van der Waals surface area contributed by atoms with E-state index in [9.17, 15) is 14.3 Å². The van der Waals surface area contributed by atoms with E-state index < -0.39 is 11.8 Å². The van der Waals surface area contributed by atoms with E-state index in [-0.39, 0.29) is 13.2 Å². The van der Waals surface area contributed by atoms with Crippen LogP contribution in [0.5, 0.6) is 0 Å². The van der Waals surface area contributed by atoms with Gasteiger partial charge in [-0.25, -0.2) is 19.2 Å². The monoisotopic (exact) mass is 405 g/mol. The molecule has 4 aromatic rings. The van der Waals surface area contributed by atoms with Gasteiger partial charge in [-0.3, -0.25) is 4.90 Å². The van der Waals surface area contributed by atoms with Crippen LogP contribution >= 0.6 is 0 Å². The highest BCUT2D eigenvalue weighted by molar-refractivity contribution is 6.02. The topological polar surface area (TPSA) is 94.1 Å². The molecule has 0 unspecified atom stereocenters. The maximum atomic E-state index is 13.5. The minimum atomic E-state index is -0.465. The largest absolute Gasteiger partial charge is 0.395 e. The molecule has 0 aliphatic rings. The van der Waals surface area contributed by atoms with Gasteiger partial charge < -0.3 is 15.4 Å². The van der Waals surface area contributed by atoms with Crippen LogP contribution in [0.15, 0.2) is 61.1 Å². The summed E-state index contributed by atoms with van der Waals surface area (Å²) < 4.78 is 13.5. The van der Waals surface area contributed by atoms with Crippen LogP contribution in [0.1, 0.15) is 5.56 Å². The van der Waals surface area contributed by atoms with Crippen molar-refractivity contribution in [3.63, 3.8) is 0 Å². The molecule has 0 saturated carbocycles. The summed E-state index contributed by atoms with van der Waals surface area (Å²) in [5.74, 6) is -0.455. The molecule has 2 heterocycles. The number of hydrogen-bond donors (Lipinski definition) is 3. The molecule has 0 aliphatic heterocycles. The first kappa shape index (κ1) is 19.5. The SMILES string of the molecule is Cc1c[nH]c2ncnc(-c3ccc(NC(=O)N(CCO)c4cccc(F)c4)cc3)c12. The molecule has 0 saturated heterocycles. The number of urea groups is 1. The molecule has 0 spiro atoms. The Morgan fingerprint density at radius 3 is 2.73 bits per heavy atom. The van der Waals surface area contributed by atoms with Crippen molar-refractivity contribution in [2.24, 2.45) is 0 Å². The number of anilines is 2. The van der Waals surface area contributed by atoms with Gasteiger partial charge in [-0.2, -0.15) is 0 Å². The van der Waals surface area contributed by atoms with E-state index in [0.29, 0.717) is 11.4 Å². The van der Waals surface area contributed by atoms with Gasteiger partial charge in [0.25, 0.3) is 0 Å². The van der Waals surface area contributed by atoms with Crippen LogP contribution in [-0.4, -0.2) is 39.2 Å². The number of fused-ring (bicyclic) bond motifs is 1. The maximum Gasteiger partial charge on any atom is 0.326 e. The number of nitrogens with one attached hydrogen (secondary N) is 2. The number of amides is 2. The summed E-state index contributed by atoms with van der Waals surface area (Å²) >= 11 is 0. The zero-order chi connectivity index (χ0) is 21.1. The predicted octanol–water partition coefficient (Wildman–Crippen LogP) is 4.10. The second-order valence-corrected chi connectivity index (χ2v) is 6.78. The van der Waals surface area contributed by atoms with Gasteiger partial charge >= 0.3 is 6.03 Å². The molecule has 0 fully saturated rings. The van der Waals surface area contributed by atoms with E-state index in [4.69, 9.17) is 0 Å². The van der Waals surface area contributed by atoms with Gasteiger partial charge in [-0.05, 0) is 42.8 Å². The van der Waals surface area contributed by atoms with Gasteiger partial charge in [0, 0.05) is 28.5 Å². The van der Waals surface area contributed by atoms with Crippen LogP contribution in [0.2, 0.25) is 0 Å². The zero-order valence-corrected chi connectivity index (χ0v) is 16.3. The van der Waals surface area contributed by atoms with Gasteiger partial charge in [-0.15, -0.1) is 0 Å². The number of rotatable bonds is 5. The Hall–Kier alpha value is -3.78. The van der Waals surface area contributed by atoms with Crippen molar-refractivity contribution >= 4 is 28.4 Å². The van der Waals surface area contributed by atoms with E-state index in [0.717, 1.165) is 27.9 Å². The number of aliphatic hydroxyl groups is 1. The lowest BCUT2D eigenvalue weighted by molar-refractivity contribution is 0.252. The number of hydrogen-bond acceptors (Lipinski definition) is 4. The van der Waals surface area contributed by atoms with Gasteiger partial charge in [0.15, 0.2) is 0 Å². The third-order valence-corrected chi connectivity index (χ3v) is 4.77. The highest BCUT2D eigenvalue weighted by Crippen LogP contribution is 2.28. The standard InChI is InChI=1S/C22H20FN5O2/c1-14-12-24-21-19(14)20(25-13-26-21)15-5-7-17(8-6-15)27-22(30)28(9-10-29)18-4-2-3-16(23)11-18/h2-8,11-13,29H,9-10H2,1H3,(H,27,30)(H,24,25,26). The van der Waals surface area contributed by atoms with E-state index in [1.807, 2.05) is 25.3 Å². The number of aromatic nitrogens is 3. The number of H-pyrrole nitrogens is 1. The molecule has 4 rings (SSSR count). The van der Waals surface area contributed by atoms with Gasteiger partial charge in [0.2, 0.25) is 0 Å². The first-order valence-electron chi connectivity index (χ1n) is 9.41. The van der Waals surface area contributed by atoms with E-state index in [1.54, 1.807) is 18.2 Å². The number of nitrogens with zero attached hydrogens (tertiary/aromatic N) is 3. The van der Waals surface area contributed by atoms with Crippen LogP contribution < -0.4 is 10.2 Å². The van der Waals surface area contributed by atoms with Gasteiger partial charge in [0.05, 0.1) is 18.8 Å². The summed E-state index contributed by atoms with van der Waals surface area (Å²) in [6, 6.07) is 12.5. The van der Waals surface area contributed by atoms with Crippen molar-refractivity contribution in [1.29, 1.82) is 0 Å². The average molecular weight is 405 g/mol. The fourth-order valence-corrected chi connectivity index (χ4v) is 3.33. The summed E-state index contributed by atoms with van der Waals surface area (Å²) in [5.41, 5.74) is 4.44. The molecular weight excluding hydrogens is 385 g/mol. The summed E-state index contributed by atoms with van der Waals surface area (Å²) in [4.78, 5) is 25.8. The second kappa shape index (κ2) is 8.30. The fourth-order valence-electron chi connectivity index (χ4n) is 3.33. The lowest BCUT2D eigenvalue weighted by Crippen LogP contribution is -2.37. The molecule has 0 radical (unpaired) electrons. The number of aromatic amines is 1. The van der Waals surface area contributed by atoms with Crippen LogP contribution in [-0.2, 0) is 0 Å². The lowest BCUT2D eigenvalue weighted by Gasteiger charge is -2.22. The van der Waals surface area contributed by atoms with Crippen LogP contribution in [0.3, 0.4) is 0 Å². The number of aryl methyl sites for hydroxylation is 1. The maximum absolute atomic E-state index is 13.5. The number of carbonyl (C=O) groups is 1. The molecule has 2 aromatic heterocycles. The van der Waals surface area contributed by atoms with E-state index >= 15 is 0 Å². The Labute approximate surface area is 172 Å². The molecule has 152 valence electrons. The van der Waals surface area contributed by atoms with Crippen molar-refractivity contribution in [1.82, 2.24) is 15.0 Å². The first-order chi connectivity index (χ1) is 14.6. The fraction of sp³-hybridized carbons (Fsp3) is 0.136. The molecule has 0 aliphatic carbocycles. The summed E-state index contributed by atoms with van der Waals surface area (Å²) in [7, 11) is 0. The Balaban J connectivity index is 1.56. The van der Waals surface area contributed by atoms with Crippen molar-refractivity contribution < 1.29 is 14.3 Å². The molecule has 2 aromatic carbocycles. The molecule has 3 N–H and O–H groups in total. The Morgan fingerprint density at radius 2 is 2.00 bits per heavy atom. The Kier molecular flexibility index (Phi) is 5.40. The molecular formula is C22H20FN5O2. The quantitative estimate of drug-likeness (QED) is 0.466. The normalized spacial score (nSPS) is 10.9. The Bertz CT molecular complexity index is 1190. The van der Waals surface area contributed by atoms with Gasteiger partial charge in [-0.1, -0.05) is 18.2 Å². The van der Waals surface area contributed by atoms with Crippen molar-refractivity contribution in [2.45, 2.75) is 6.92 Å². The smallest absolute Gasteiger partial charge is 0.326 e. The van der Waals surface area contributed by atoms with Crippen molar-refractivity contribution in [3.05, 3.63) is 72.4 Å². The van der Waals surface area contributed by atoms with E-state index in [2.05, 4.69) is 20.3 Å². The molecule has 8 heteroatoms. The van der Waals surface area contributed by atoms with Crippen LogP contribution in [0.4, 0.5) is 20.6 Å². The molecule has 7 nitrogen and oxygen atoms in total. The minimum absolute atomic E-state index is 0.0407. The number of benzene rings is 2. The summed E-state index contributed by atoms with van der Waals surface area (Å²) in [5, 5.41) is 13.0. The predicted molar refractivity (Wildman–Crippen MR) is 114 cm³/mol. The highest BCUT2D eigenvalue weighted by atomic mass is 19.1. The molecule has 0 bridgehead atoms. The lowest BCUT2D eigenvalue weighted by atomic mass is 10.1. The first-order valence-corrected chi connectivity index (χ1v) is 9.41. The van der Waals surface area contributed by atoms with Crippen LogP contribution in [0, 0.1) is 12.7 Å². The van der Waals surface area contributed by atoms with Crippen molar-refractivity contribution in [3.8, 4) is 11.3 Å². The van der Waals surface area contributed by atoms with Gasteiger partial charge in [0.1, 0.15) is 17.8 Å². The van der Waals surface area contributed by atoms with E-state index in [1.165, 1.54) is 29.4 Å². The summed E-state index contributed by atoms with van der Waals surface area (Å²) in [6.45, 7) is 1.78. The Morgan fingerprint density at radius 1 is 1.20 bits per heavy atom. The van der Waals surface area contributed by atoms with Crippen molar-refractivity contribution in [2.75, 3.05) is 23.4 Å². The van der Waals surface area contributed by atoms with Crippen LogP contribution in [0.25, 0.3) is 22.3 Å². The second-order valence-electron chi connectivity index (χ2n) is 6.78. The number of carbonyl (C=O) groups excluding carboxylic acids is 1. The third kappa shape index (κ3) is 3.85. The number of aliphatic hydroxyl groups excluding tert-OH is 1.